The quantitative estimate of drug-likeness (QED) is 0.829. The third-order valence-corrected chi connectivity index (χ3v) is 3.10. The molecule has 0 bridgehead atoms. The highest BCUT2D eigenvalue weighted by Crippen LogP contribution is 2.22. The van der Waals surface area contributed by atoms with Crippen LogP contribution in [-0.4, -0.2) is 11.8 Å². The Hall–Kier alpha value is -0.800. The van der Waals surface area contributed by atoms with Gasteiger partial charge in [-0.15, -0.1) is 11.6 Å². The van der Waals surface area contributed by atoms with Crippen LogP contribution in [0.4, 0.5) is 10.1 Å². The van der Waals surface area contributed by atoms with Gasteiger partial charge in [-0.25, -0.2) is 4.39 Å². The molecule has 88 valence electrons. The summed E-state index contributed by atoms with van der Waals surface area (Å²) in [5.41, 5.74) is -0.331. The average molecular weight is 264 g/mol. The molecule has 1 amide bonds. The number of hydrogen-bond acceptors (Lipinski definition) is 1. The molecule has 1 N–H and O–H groups in total. The lowest BCUT2D eigenvalue weighted by molar-refractivity contribution is -0.122. The number of anilines is 1. The smallest absolute Gasteiger partial charge is 0.231 e. The molecular weight excluding hydrogens is 252 g/mol. The fourth-order valence-electron chi connectivity index (χ4n) is 0.935. The molecule has 1 aromatic rings. The standard InChI is InChI=1S/C11H12Cl2FNO/c1-11(2,6-12)10(16)15-7-3-4-8(13)9(14)5-7/h3-5H,6H2,1-2H3,(H,15,16). The van der Waals surface area contributed by atoms with E-state index in [1.54, 1.807) is 13.8 Å². The summed E-state index contributed by atoms with van der Waals surface area (Å²) in [4.78, 5) is 11.7. The average Bonchev–Trinajstić information content (AvgIpc) is 2.23. The maximum absolute atomic E-state index is 13.1. The number of rotatable bonds is 3. The first-order chi connectivity index (χ1) is 7.36. The zero-order valence-corrected chi connectivity index (χ0v) is 10.5. The Morgan fingerprint density at radius 2 is 2.12 bits per heavy atom. The maximum atomic E-state index is 13.1. The summed E-state index contributed by atoms with van der Waals surface area (Å²) in [5, 5.41) is 2.60. The normalized spacial score (nSPS) is 11.3. The van der Waals surface area contributed by atoms with Crippen LogP contribution in [0.5, 0.6) is 0 Å². The first-order valence-corrected chi connectivity index (χ1v) is 5.60. The predicted octanol–water partition coefficient (Wildman–Crippen LogP) is 3.68. The van der Waals surface area contributed by atoms with Gasteiger partial charge in [0.15, 0.2) is 0 Å². The van der Waals surface area contributed by atoms with Gasteiger partial charge in [-0.3, -0.25) is 4.79 Å². The predicted molar refractivity (Wildman–Crippen MR) is 64.5 cm³/mol. The molecule has 0 radical (unpaired) electrons. The van der Waals surface area contributed by atoms with E-state index in [9.17, 15) is 9.18 Å². The van der Waals surface area contributed by atoms with E-state index >= 15 is 0 Å². The van der Waals surface area contributed by atoms with Gasteiger partial charge in [0.2, 0.25) is 5.91 Å². The minimum Gasteiger partial charge on any atom is -0.325 e. The summed E-state index contributed by atoms with van der Waals surface area (Å²) in [6.45, 7) is 3.42. The van der Waals surface area contributed by atoms with Crippen molar-refractivity contribution < 1.29 is 9.18 Å². The lowest BCUT2D eigenvalue weighted by Gasteiger charge is -2.20. The van der Waals surface area contributed by atoms with Crippen molar-refractivity contribution in [2.24, 2.45) is 5.41 Å². The Labute approximate surface area is 104 Å². The topological polar surface area (TPSA) is 29.1 Å². The summed E-state index contributed by atoms with van der Waals surface area (Å²) in [6.07, 6.45) is 0. The summed E-state index contributed by atoms with van der Waals surface area (Å²) in [5.74, 6) is -0.637. The summed E-state index contributed by atoms with van der Waals surface area (Å²) >= 11 is 11.2. The highest BCUT2D eigenvalue weighted by atomic mass is 35.5. The molecule has 0 aliphatic heterocycles. The van der Waals surface area contributed by atoms with Crippen LogP contribution in [0.3, 0.4) is 0 Å². The van der Waals surface area contributed by atoms with Gasteiger partial charge >= 0.3 is 0 Å². The van der Waals surface area contributed by atoms with Gasteiger partial charge in [0.05, 0.1) is 10.4 Å². The molecule has 1 rings (SSSR count). The first kappa shape index (κ1) is 13.3. The third kappa shape index (κ3) is 3.09. The number of hydrogen-bond donors (Lipinski definition) is 1. The van der Waals surface area contributed by atoms with Crippen LogP contribution in [0, 0.1) is 11.2 Å². The van der Waals surface area contributed by atoms with Gasteiger partial charge in [-0.1, -0.05) is 11.6 Å². The van der Waals surface area contributed by atoms with E-state index < -0.39 is 11.2 Å². The molecule has 0 fully saturated rings. The van der Waals surface area contributed by atoms with Crippen molar-refractivity contribution >= 4 is 34.8 Å². The highest BCUT2D eigenvalue weighted by molar-refractivity contribution is 6.30. The second-order valence-electron chi connectivity index (χ2n) is 4.10. The second-order valence-corrected chi connectivity index (χ2v) is 4.77. The minimum absolute atomic E-state index is 0.0228. The molecule has 0 atom stereocenters. The fourth-order valence-corrected chi connectivity index (χ4v) is 1.17. The van der Waals surface area contributed by atoms with Crippen LogP contribution < -0.4 is 5.32 Å². The van der Waals surface area contributed by atoms with E-state index in [1.165, 1.54) is 18.2 Å². The Morgan fingerprint density at radius 1 is 1.50 bits per heavy atom. The van der Waals surface area contributed by atoms with Crippen LogP contribution in [0.25, 0.3) is 0 Å². The lowest BCUT2D eigenvalue weighted by atomic mass is 9.95. The van der Waals surface area contributed by atoms with Gasteiger partial charge in [0.25, 0.3) is 0 Å². The lowest BCUT2D eigenvalue weighted by Crippen LogP contribution is -2.32. The molecule has 0 aromatic heterocycles. The summed E-state index contributed by atoms with van der Waals surface area (Å²) in [6, 6.07) is 4.10. The number of nitrogens with one attached hydrogen (secondary N) is 1. The van der Waals surface area contributed by atoms with Crippen LogP contribution in [0.2, 0.25) is 5.02 Å². The number of alkyl halides is 1. The number of carbonyl (C=O) groups excluding carboxylic acids is 1. The molecule has 5 heteroatoms. The number of carbonyl (C=O) groups is 1. The van der Waals surface area contributed by atoms with E-state index in [1.807, 2.05) is 0 Å². The Balaban J connectivity index is 2.82. The van der Waals surface area contributed by atoms with Crippen molar-refractivity contribution in [2.75, 3.05) is 11.2 Å². The molecule has 2 nitrogen and oxygen atoms in total. The Bertz CT molecular complexity index is 407. The summed E-state index contributed by atoms with van der Waals surface area (Å²) < 4.78 is 13.1. The van der Waals surface area contributed by atoms with Crippen molar-refractivity contribution in [3.8, 4) is 0 Å². The van der Waals surface area contributed by atoms with Gasteiger partial charge in [-0.2, -0.15) is 0 Å². The number of benzene rings is 1. The van der Waals surface area contributed by atoms with Crippen molar-refractivity contribution in [1.82, 2.24) is 0 Å². The molecule has 0 aliphatic rings. The molecule has 1 aromatic carbocycles. The summed E-state index contributed by atoms with van der Waals surface area (Å²) in [7, 11) is 0. The van der Waals surface area contributed by atoms with E-state index in [4.69, 9.17) is 23.2 Å². The third-order valence-electron chi connectivity index (χ3n) is 2.13. The molecular formula is C11H12Cl2FNO. The molecule has 0 unspecified atom stereocenters. The van der Waals surface area contributed by atoms with Crippen LogP contribution in [0.1, 0.15) is 13.8 Å². The van der Waals surface area contributed by atoms with Crippen molar-refractivity contribution in [3.05, 3.63) is 29.0 Å². The minimum atomic E-state index is -0.697. The fraction of sp³-hybridized carbons (Fsp3) is 0.364. The van der Waals surface area contributed by atoms with E-state index in [-0.39, 0.29) is 16.8 Å². The number of halogens is 3. The molecule has 0 aliphatic carbocycles. The molecule has 0 heterocycles. The van der Waals surface area contributed by atoms with Crippen LogP contribution >= 0.6 is 23.2 Å². The second kappa shape index (κ2) is 5.02. The first-order valence-electron chi connectivity index (χ1n) is 4.69. The van der Waals surface area contributed by atoms with Crippen LogP contribution in [0.15, 0.2) is 18.2 Å². The zero-order valence-electron chi connectivity index (χ0n) is 8.98. The monoisotopic (exact) mass is 263 g/mol. The molecule has 0 saturated carbocycles. The zero-order chi connectivity index (χ0) is 12.3. The van der Waals surface area contributed by atoms with Gasteiger partial charge in [0.1, 0.15) is 5.82 Å². The maximum Gasteiger partial charge on any atom is 0.231 e. The van der Waals surface area contributed by atoms with Gasteiger partial charge in [-0.05, 0) is 32.0 Å². The molecule has 0 saturated heterocycles. The highest BCUT2D eigenvalue weighted by Gasteiger charge is 2.26. The molecule has 16 heavy (non-hydrogen) atoms. The van der Waals surface area contributed by atoms with E-state index in [2.05, 4.69) is 5.32 Å². The van der Waals surface area contributed by atoms with Crippen molar-refractivity contribution in [1.29, 1.82) is 0 Å². The van der Waals surface area contributed by atoms with Crippen molar-refractivity contribution in [2.45, 2.75) is 13.8 Å². The van der Waals surface area contributed by atoms with Crippen LogP contribution in [-0.2, 0) is 4.79 Å². The van der Waals surface area contributed by atoms with E-state index in [0.29, 0.717) is 5.69 Å². The van der Waals surface area contributed by atoms with Gasteiger partial charge in [0, 0.05) is 11.6 Å². The largest absolute Gasteiger partial charge is 0.325 e. The van der Waals surface area contributed by atoms with Crippen molar-refractivity contribution in [3.63, 3.8) is 0 Å². The number of amides is 1. The molecule has 0 spiro atoms. The van der Waals surface area contributed by atoms with E-state index in [0.717, 1.165) is 0 Å². The SMILES string of the molecule is CC(C)(CCl)C(=O)Nc1ccc(Cl)c(F)c1. The van der Waals surface area contributed by atoms with Gasteiger partial charge < -0.3 is 5.32 Å². The Morgan fingerprint density at radius 3 is 2.62 bits per heavy atom. The Kier molecular flexibility index (Phi) is 4.16.